The molecule has 0 radical (unpaired) electrons. The minimum absolute atomic E-state index is 0.108. The van der Waals surface area contributed by atoms with Crippen molar-refractivity contribution in [2.45, 2.75) is 45.5 Å². The molecule has 0 aromatic heterocycles. The van der Waals surface area contributed by atoms with Crippen LogP contribution in [0.5, 0.6) is 0 Å². The van der Waals surface area contributed by atoms with E-state index in [2.05, 4.69) is 5.32 Å². The van der Waals surface area contributed by atoms with Crippen LogP contribution in [0, 0.1) is 0 Å². The lowest BCUT2D eigenvalue weighted by atomic mass is 10.1. The Morgan fingerprint density at radius 2 is 2.25 bits per heavy atom. The molecule has 0 aromatic carbocycles. The molecule has 0 amide bonds. The molecule has 5 nitrogen and oxygen atoms in total. The smallest absolute Gasteiger partial charge is 0.432 e. The summed E-state index contributed by atoms with van der Waals surface area (Å²) in [7, 11) is 0. The zero-order valence-electron chi connectivity index (χ0n) is 10.4. The van der Waals surface area contributed by atoms with Crippen LogP contribution in [-0.4, -0.2) is 43.7 Å². The molecule has 0 aromatic rings. The number of carbonyl (C=O) groups excluding carboxylic acids is 1. The molecule has 1 aliphatic rings. The Bertz CT molecular complexity index is 240. The maximum absolute atomic E-state index is 11.1. The molecule has 1 unspecified atom stereocenters. The molecule has 16 heavy (non-hydrogen) atoms. The van der Waals surface area contributed by atoms with Crippen LogP contribution in [0.15, 0.2) is 0 Å². The third-order valence-corrected chi connectivity index (χ3v) is 2.13. The van der Waals surface area contributed by atoms with Gasteiger partial charge in [-0.2, -0.15) is 0 Å². The molecule has 0 bridgehead atoms. The highest BCUT2D eigenvalue weighted by Gasteiger charge is 2.29. The minimum Gasteiger partial charge on any atom is -0.432 e. The maximum Gasteiger partial charge on any atom is 0.508 e. The third-order valence-electron chi connectivity index (χ3n) is 2.13. The quantitative estimate of drug-likeness (QED) is 0.742. The molecule has 1 N–H and O–H groups in total. The van der Waals surface area contributed by atoms with Gasteiger partial charge in [0.25, 0.3) is 0 Å². The standard InChI is InChI=1S/C11H21NO4/c1-8(2)15-10(13)14-6-9-5-12-7-11(3,4)16-9/h8-9,12H,5-7H2,1-4H3. The first kappa shape index (κ1) is 13.3. The number of ether oxygens (including phenoxy) is 3. The lowest BCUT2D eigenvalue weighted by molar-refractivity contribution is -0.116. The Morgan fingerprint density at radius 3 is 2.81 bits per heavy atom. The molecule has 0 saturated carbocycles. The lowest BCUT2D eigenvalue weighted by Gasteiger charge is -2.36. The molecule has 1 atom stereocenters. The summed E-state index contributed by atoms with van der Waals surface area (Å²) in [5.41, 5.74) is -0.214. The first-order valence-electron chi connectivity index (χ1n) is 5.61. The van der Waals surface area contributed by atoms with Crippen molar-refractivity contribution in [3.63, 3.8) is 0 Å². The Morgan fingerprint density at radius 1 is 1.56 bits per heavy atom. The van der Waals surface area contributed by atoms with Crippen molar-refractivity contribution in [1.29, 1.82) is 0 Å². The number of carbonyl (C=O) groups is 1. The van der Waals surface area contributed by atoms with E-state index in [1.807, 2.05) is 13.8 Å². The number of hydrogen-bond donors (Lipinski definition) is 1. The minimum atomic E-state index is -0.637. The SMILES string of the molecule is CC(C)OC(=O)OCC1CNCC(C)(C)O1. The van der Waals surface area contributed by atoms with Gasteiger partial charge in [0.15, 0.2) is 0 Å². The number of nitrogens with one attached hydrogen (secondary N) is 1. The molecule has 1 fully saturated rings. The number of morpholine rings is 1. The Hall–Kier alpha value is -0.810. The van der Waals surface area contributed by atoms with E-state index in [0.29, 0.717) is 6.54 Å². The molecule has 1 rings (SSSR count). The Kier molecular flexibility index (Phi) is 4.56. The van der Waals surface area contributed by atoms with Crippen molar-refractivity contribution in [2.75, 3.05) is 19.7 Å². The predicted octanol–water partition coefficient (Wildman–Crippen LogP) is 1.31. The van der Waals surface area contributed by atoms with Crippen molar-refractivity contribution >= 4 is 6.16 Å². The zero-order valence-corrected chi connectivity index (χ0v) is 10.4. The van der Waals surface area contributed by atoms with Crippen molar-refractivity contribution in [3.8, 4) is 0 Å². The van der Waals surface area contributed by atoms with Crippen molar-refractivity contribution in [1.82, 2.24) is 5.32 Å². The monoisotopic (exact) mass is 231 g/mol. The van der Waals surface area contributed by atoms with E-state index in [0.717, 1.165) is 6.54 Å². The van der Waals surface area contributed by atoms with E-state index in [1.165, 1.54) is 0 Å². The molecule has 5 heteroatoms. The van der Waals surface area contributed by atoms with Crippen molar-refractivity contribution in [2.24, 2.45) is 0 Å². The van der Waals surface area contributed by atoms with Gasteiger partial charge >= 0.3 is 6.16 Å². The normalized spacial score (nSPS) is 24.2. The zero-order chi connectivity index (χ0) is 12.2. The molecule has 0 aliphatic carbocycles. The molecule has 1 heterocycles. The summed E-state index contributed by atoms with van der Waals surface area (Å²) in [6.45, 7) is 9.28. The summed E-state index contributed by atoms with van der Waals surface area (Å²) in [5.74, 6) is 0. The van der Waals surface area contributed by atoms with Gasteiger partial charge in [0, 0.05) is 13.1 Å². The molecule has 1 saturated heterocycles. The Balaban J connectivity index is 2.24. The number of hydrogen-bond acceptors (Lipinski definition) is 5. The topological polar surface area (TPSA) is 56.8 Å². The van der Waals surface area contributed by atoms with Gasteiger partial charge in [-0.1, -0.05) is 0 Å². The molecular weight excluding hydrogens is 210 g/mol. The number of rotatable bonds is 3. The molecule has 0 spiro atoms. The Labute approximate surface area is 96.4 Å². The van der Waals surface area contributed by atoms with Crippen LogP contribution in [-0.2, 0) is 14.2 Å². The van der Waals surface area contributed by atoms with Gasteiger partial charge in [0.2, 0.25) is 0 Å². The molecule has 1 aliphatic heterocycles. The van der Waals surface area contributed by atoms with Gasteiger partial charge in [-0.05, 0) is 27.7 Å². The van der Waals surface area contributed by atoms with Gasteiger partial charge in [-0.3, -0.25) is 0 Å². The highest BCUT2D eigenvalue weighted by atomic mass is 16.7. The van der Waals surface area contributed by atoms with Crippen LogP contribution in [0.2, 0.25) is 0 Å². The third kappa shape index (κ3) is 4.81. The van der Waals surface area contributed by atoms with E-state index in [-0.39, 0.29) is 24.4 Å². The highest BCUT2D eigenvalue weighted by Crippen LogP contribution is 2.15. The summed E-state index contributed by atoms with van der Waals surface area (Å²) in [6.07, 6.45) is -0.903. The summed E-state index contributed by atoms with van der Waals surface area (Å²) in [5, 5.41) is 3.23. The summed E-state index contributed by atoms with van der Waals surface area (Å²) in [6, 6.07) is 0. The van der Waals surface area contributed by atoms with E-state index in [1.54, 1.807) is 13.8 Å². The van der Waals surface area contributed by atoms with Crippen LogP contribution in [0.3, 0.4) is 0 Å². The van der Waals surface area contributed by atoms with Crippen LogP contribution in [0.25, 0.3) is 0 Å². The fraction of sp³-hybridized carbons (Fsp3) is 0.909. The predicted molar refractivity (Wildman–Crippen MR) is 59.4 cm³/mol. The van der Waals surface area contributed by atoms with E-state index in [4.69, 9.17) is 14.2 Å². The van der Waals surface area contributed by atoms with Crippen molar-refractivity contribution < 1.29 is 19.0 Å². The van der Waals surface area contributed by atoms with Gasteiger partial charge in [-0.25, -0.2) is 4.79 Å². The second-order valence-corrected chi connectivity index (χ2v) is 4.86. The van der Waals surface area contributed by atoms with E-state index in [9.17, 15) is 4.79 Å². The van der Waals surface area contributed by atoms with Crippen LogP contribution in [0.4, 0.5) is 4.79 Å². The first-order chi connectivity index (χ1) is 7.39. The van der Waals surface area contributed by atoms with Crippen LogP contribution >= 0.6 is 0 Å². The maximum atomic E-state index is 11.1. The van der Waals surface area contributed by atoms with Gasteiger partial charge in [0.1, 0.15) is 12.7 Å². The van der Waals surface area contributed by atoms with Gasteiger partial charge in [-0.15, -0.1) is 0 Å². The highest BCUT2D eigenvalue weighted by molar-refractivity contribution is 5.60. The second kappa shape index (κ2) is 5.50. The lowest BCUT2D eigenvalue weighted by Crippen LogP contribution is -2.52. The average molecular weight is 231 g/mol. The molecular formula is C11H21NO4. The summed E-state index contributed by atoms with van der Waals surface area (Å²) < 4.78 is 15.5. The summed E-state index contributed by atoms with van der Waals surface area (Å²) >= 11 is 0. The largest absolute Gasteiger partial charge is 0.508 e. The van der Waals surface area contributed by atoms with Crippen LogP contribution in [0.1, 0.15) is 27.7 Å². The van der Waals surface area contributed by atoms with Gasteiger partial charge < -0.3 is 19.5 Å². The molecule has 94 valence electrons. The van der Waals surface area contributed by atoms with Gasteiger partial charge in [0.05, 0.1) is 11.7 Å². The average Bonchev–Trinajstić information content (AvgIpc) is 2.12. The van der Waals surface area contributed by atoms with E-state index >= 15 is 0 Å². The van der Waals surface area contributed by atoms with E-state index < -0.39 is 6.16 Å². The fourth-order valence-corrected chi connectivity index (χ4v) is 1.55. The first-order valence-corrected chi connectivity index (χ1v) is 5.61. The fourth-order valence-electron chi connectivity index (χ4n) is 1.55. The second-order valence-electron chi connectivity index (χ2n) is 4.86. The van der Waals surface area contributed by atoms with Crippen LogP contribution < -0.4 is 5.32 Å². The van der Waals surface area contributed by atoms with Crippen molar-refractivity contribution in [3.05, 3.63) is 0 Å². The summed E-state index contributed by atoms with van der Waals surface area (Å²) in [4.78, 5) is 11.1.